The summed E-state index contributed by atoms with van der Waals surface area (Å²) in [7, 11) is 0. The zero-order valence-electron chi connectivity index (χ0n) is 16.1. The monoisotopic (exact) mass is 388 g/mol. The van der Waals surface area contributed by atoms with Crippen LogP contribution in [0.2, 0.25) is 0 Å². The van der Waals surface area contributed by atoms with Crippen LogP contribution in [-0.4, -0.2) is 58.9 Å². The molecule has 0 radical (unpaired) electrons. The van der Waals surface area contributed by atoms with E-state index in [2.05, 4.69) is 17.1 Å². The van der Waals surface area contributed by atoms with Crippen molar-refractivity contribution in [3.05, 3.63) is 30.1 Å². The van der Waals surface area contributed by atoms with Crippen molar-refractivity contribution in [2.24, 2.45) is 0 Å². The quantitative estimate of drug-likeness (QED) is 0.554. The molecule has 1 N–H and O–H groups in total. The maximum Gasteiger partial charge on any atom is 0.230 e. The van der Waals surface area contributed by atoms with Crippen molar-refractivity contribution >= 4 is 28.6 Å². The minimum absolute atomic E-state index is 0.0540. The number of nitrogens with zero attached hydrogens (tertiary/aromatic N) is 3. The Labute approximate surface area is 165 Å². The molecule has 7 heteroatoms. The fraction of sp³-hybridized carbons (Fsp3) is 0.550. The number of amides is 1. The molecule has 1 unspecified atom stereocenters. The molecule has 3 rings (SSSR count). The molecule has 27 heavy (non-hydrogen) atoms. The summed E-state index contributed by atoms with van der Waals surface area (Å²) in [5.41, 5.74) is 0.929. The van der Waals surface area contributed by atoms with Gasteiger partial charge in [0.2, 0.25) is 5.91 Å². The molecule has 0 spiro atoms. The number of morpholine rings is 1. The van der Waals surface area contributed by atoms with Crippen molar-refractivity contribution in [1.82, 2.24) is 20.2 Å². The lowest BCUT2D eigenvalue weighted by atomic mass is 10.2. The summed E-state index contributed by atoms with van der Waals surface area (Å²) in [5.74, 6) is 1.22. The first-order chi connectivity index (χ1) is 13.2. The Morgan fingerprint density at radius 3 is 2.85 bits per heavy atom. The first-order valence-electron chi connectivity index (χ1n) is 9.63. The van der Waals surface area contributed by atoms with Crippen molar-refractivity contribution in [3.63, 3.8) is 0 Å². The zero-order chi connectivity index (χ0) is 19.1. The Morgan fingerprint density at radius 1 is 1.30 bits per heavy atom. The van der Waals surface area contributed by atoms with E-state index in [1.807, 2.05) is 31.2 Å². The van der Waals surface area contributed by atoms with E-state index >= 15 is 0 Å². The zero-order valence-corrected chi connectivity index (χ0v) is 16.9. The van der Waals surface area contributed by atoms with Crippen LogP contribution in [0.25, 0.3) is 10.9 Å². The number of para-hydroxylation sites is 1. The molecule has 1 atom stereocenters. The molecule has 146 valence electrons. The van der Waals surface area contributed by atoms with E-state index in [-0.39, 0.29) is 11.9 Å². The summed E-state index contributed by atoms with van der Waals surface area (Å²) in [6, 6.07) is 8.21. The lowest BCUT2D eigenvalue weighted by Crippen LogP contribution is -2.36. The number of carbonyl (C=O) groups is 1. The van der Waals surface area contributed by atoms with Crippen LogP contribution in [0.1, 0.15) is 32.5 Å². The van der Waals surface area contributed by atoms with Gasteiger partial charge in [0, 0.05) is 24.5 Å². The van der Waals surface area contributed by atoms with Crippen LogP contribution in [-0.2, 0) is 16.1 Å². The minimum Gasteiger partial charge on any atom is -0.379 e. The van der Waals surface area contributed by atoms with E-state index in [1.165, 1.54) is 11.8 Å². The van der Waals surface area contributed by atoms with Crippen molar-refractivity contribution in [2.75, 3.05) is 32.1 Å². The second-order valence-corrected chi connectivity index (χ2v) is 7.86. The second kappa shape index (κ2) is 10.0. The highest BCUT2D eigenvalue weighted by Crippen LogP contribution is 2.25. The number of hydrogen-bond donors (Lipinski definition) is 1. The lowest BCUT2D eigenvalue weighted by molar-refractivity contribution is -0.119. The summed E-state index contributed by atoms with van der Waals surface area (Å²) in [6.07, 6.45) is 2.06. The van der Waals surface area contributed by atoms with Gasteiger partial charge in [-0.1, -0.05) is 43.3 Å². The highest BCUT2D eigenvalue weighted by atomic mass is 32.2. The van der Waals surface area contributed by atoms with Crippen molar-refractivity contribution in [2.45, 2.75) is 44.3 Å². The molecule has 0 saturated carbocycles. The first kappa shape index (κ1) is 20.0. The van der Waals surface area contributed by atoms with Crippen LogP contribution in [0.5, 0.6) is 0 Å². The number of nitrogens with one attached hydrogen (secondary N) is 1. The molecule has 6 nitrogen and oxygen atoms in total. The third-order valence-corrected chi connectivity index (χ3v) is 5.54. The number of benzene rings is 1. The second-order valence-electron chi connectivity index (χ2n) is 6.90. The maximum atomic E-state index is 12.2. The van der Waals surface area contributed by atoms with Crippen LogP contribution < -0.4 is 5.32 Å². The van der Waals surface area contributed by atoms with E-state index in [1.54, 1.807) is 0 Å². The van der Waals surface area contributed by atoms with E-state index in [9.17, 15) is 4.79 Å². The van der Waals surface area contributed by atoms with Gasteiger partial charge in [0.1, 0.15) is 10.9 Å². The third-order valence-electron chi connectivity index (χ3n) is 4.55. The van der Waals surface area contributed by atoms with E-state index in [0.717, 1.165) is 60.9 Å². The standard InChI is InChI=1S/C20H28N4O2S/c1-3-6-15(2)21-19(25)14-27-20-16-7-4-5-8-17(16)22-18(23-20)13-24-9-11-26-12-10-24/h4-5,7-8,15H,3,6,9-14H2,1-2H3,(H,21,25). The van der Waals surface area contributed by atoms with Crippen LogP contribution in [0.15, 0.2) is 29.3 Å². The third kappa shape index (κ3) is 5.89. The Morgan fingerprint density at radius 2 is 2.07 bits per heavy atom. The molecule has 2 heterocycles. The number of fused-ring (bicyclic) bond motifs is 1. The molecule has 0 bridgehead atoms. The normalized spacial score (nSPS) is 16.4. The van der Waals surface area contributed by atoms with E-state index in [4.69, 9.17) is 14.7 Å². The molecule has 0 aliphatic carbocycles. The van der Waals surface area contributed by atoms with Crippen molar-refractivity contribution in [1.29, 1.82) is 0 Å². The summed E-state index contributed by atoms with van der Waals surface area (Å²) in [6.45, 7) is 8.19. The molecule has 1 aliphatic heterocycles. The Balaban J connectivity index is 1.71. The number of hydrogen-bond acceptors (Lipinski definition) is 6. The molecular formula is C20H28N4O2S. The summed E-state index contributed by atoms with van der Waals surface area (Å²) < 4.78 is 5.41. The Kier molecular flexibility index (Phi) is 7.43. The molecule has 2 aromatic rings. The number of rotatable bonds is 8. The largest absolute Gasteiger partial charge is 0.379 e. The Hall–Kier alpha value is -1.70. The predicted octanol–water partition coefficient (Wildman–Crippen LogP) is 2.86. The number of thioether (sulfide) groups is 1. The minimum atomic E-state index is 0.0540. The van der Waals surface area contributed by atoms with Gasteiger partial charge in [-0.05, 0) is 19.4 Å². The van der Waals surface area contributed by atoms with Gasteiger partial charge in [0.05, 0.1) is 31.0 Å². The maximum absolute atomic E-state index is 12.2. The van der Waals surface area contributed by atoms with Crippen LogP contribution in [0, 0.1) is 0 Å². The lowest BCUT2D eigenvalue weighted by Gasteiger charge is -2.25. The molecule has 1 amide bonds. The van der Waals surface area contributed by atoms with Gasteiger partial charge in [-0.25, -0.2) is 9.97 Å². The van der Waals surface area contributed by atoms with Gasteiger partial charge in [0.25, 0.3) is 0 Å². The summed E-state index contributed by atoms with van der Waals surface area (Å²) >= 11 is 1.49. The van der Waals surface area contributed by atoms with Crippen molar-refractivity contribution < 1.29 is 9.53 Å². The summed E-state index contributed by atoms with van der Waals surface area (Å²) in [4.78, 5) is 24.0. The molecule has 1 aromatic carbocycles. The Bertz CT molecular complexity index is 765. The highest BCUT2D eigenvalue weighted by molar-refractivity contribution is 8.00. The van der Waals surface area contributed by atoms with E-state index < -0.39 is 0 Å². The van der Waals surface area contributed by atoms with Gasteiger partial charge >= 0.3 is 0 Å². The smallest absolute Gasteiger partial charge is 0.230 e. The SMILES string of the molecule is CCCC(C)NC(=O)CSc1nc(CN2CCOCC2)nc2ccccc12. The average molecular weight is 389 g/mol. The number of carbonyl (C=O) groups excluding carboxylic acids is 1. The van der Waals surface area contributed by atoms with E-state index in [0.29, 0.717) is 12.3 Å². The van der Waals surface area contributed by atoms with Crippen LogP contribution >= 0.6 is 11.8 Å². The molecule has 1 aliphatic rings. The average Bonchev–Trinajstić information content (AvgIpc) is 2.67. The fourth-order valence-electron chi connectivity index (χ4n) is 3.19. The molecule has 1 aromatic heterocycles. The van der Waals surface area contributed by atoms with Crippen LogP contribution in [0.3, 0.4) is 0 Å². The number of ether oxygens (including phenoxy) is 1. The van der Waals surface area contributed by atoms with Gasteiger partial charge in [-0.15, -0.1) is 0 Å². The van der Waals surface area contributed by atoms with Crippen LogP contribution in [0.4, 0.5) is 0 Å². The molecular weight excluding hydrogens is 360 g/mol. The predicted molar refractivity (Wildman–Crippen MR) is 109 cm³/mol. The summed E-state index contributed by atoms with van der Waals surface area (Å²) in [5, 5.41) is 4.93. The first-order valence-corrected chi connectivity index (χ1v) is 10.6. The fourth-order valence-corrected chi connectivity index (χ4v) is 4.04. The number of aromatic nitrogens is 2. The molecule has 1 fully saturated rings. The highest BCUT2D eigenvalue weighted by Gasteiger charge is 2.15. The van der Waals surface area contributed by atoms with Gasteiger partial charge in [0.15, 0.2) is 0 Å². The van der Waals surface area contributed by atoms with Gasteiger partial charge in [-0.2, -0.15) is 0 Å². The van der Waals surface area contributed by atoms with Gasteiger partial charge in [-0.3, -0.25) is 9.69 Å². The van der Waals surface area contributed by atoms with Crippen molar-refractivity contribution in [3.8, 4) is 0 Å². The topological polar surface area (TPSA) is 67.4 Å². The molecule has 1 saturated heterocycles. The van der Waals surface area contributed by atoms with Gasteiger partial charge < -0.3 is 10.1 Å².